The molecule has 1 saturated carbocycles. The summed E-state index contributed by atoms with van der Waals surface area (Å²) in [6.45, 7) is 2.32. The molecule has 2 aliphatic rings. The minimum atomic E-state index is -0.473. The zero-order valence-electron chi connectivity index (χ0n) is 18.7. The van der Waals surface area contributed by atoms with Gasteiger partial charge in [-0.1, -0.05) is 67.8 Å². The monoisotopic (exact) mass is 434 g/mol. The highest BCUT2D eigenvalue weighted by Gasteiger charge is 2.37. The number of unbranched alkanes of at least 4 members (excludes halogenated alkanes) is 2. The third kappa shape index (κ3) is 6.19. The molecule has 5 heteroatoms. The summed E-state index contributed by atoms with van der Waals surface area (Å²) in [5.41, 5.74) is 2.06. The Labute approximate surface area is 191 Å². The normalized spacial score (nSPS) is 21.1. The van der Waals surface area contributed by atoms with E-state index in [2.05, 4.69) is 35.6 Å². The van der Waals surface area contributed by atoms with Gasteiger partial charge in [0.15, 0.2) is 0 Å². The number of hydrogen-bond donors (Lipinski definition) is 1. The van der Waals surface area contributed by atoms with E-state index in [4.69, 9.17) is 4.74 Å². The summed E-state index contributed by atoms with van der Waals surface area (Å²) in [4.78, 5) is 27.6. The van der Waals surface area contributed by atoms with Crippen LogP contribution in [0.15, 0.2) is 60.7 Å². The molecule has 2 aromatic rings. The predicted octanol–water partition coefficient (Wildman–Crippen LogP) is 4.40. The van der Waals surface area contributed by atoms with Crippen molar-refractivity contribution >= 4 is 11.8 Å². The van der Waals surface area contributed by atoms with Crippen molar-refractivity contribution in [3.63, 3.8) is 0 Å². The summed E-state index contributed by atoms with van der Waals surface area (Å²) in [5.74, 6) is 1.38. The van der Waals surface area contributed by atoms with Crippen LogP contribution in [0.5, 0.6) is 0 Å². The average molecular weight is 435 g/mol. The van der Waals surface area contributed by atoms with Crippen molar-refractivity contribution in [3.8, 4) is 0 Å². The maximum atomic E-state index is 13.1. The van der Waals surface area contributed by atoms with Crippen molar-refractivity contribution in [2.45, 2.75) is 50.5 Å². The van der Waals surface area contributed by atoms with E-state index >= 15 is 0 Å². The van der Waals surface area contributed by atoms with Crippen molar-refractivity contribution in [2.75, 3.05) is 26.3 Å². The Balaban J connectivity index is 1.24. The zero-order valence-corrected chi connectivity index (χ0v) is 18.7. The third-order valence-corrected chi connectivity index (χ3v) is 6.68. The second-order valence-corrected chi connectivity index (χ2v) is 8.98. The van der Waals surface area contributed by atoms with Gasteiger partial charge in [0.1, 0.15) is 6.04 Å². The lowest BCUT2D eigenvalue weighted by molar-refractivity contribution is -0.137. The lowest BCUT2D eigenvalue weighted by Gasteiger charge is -2.30. The van der Waals surface area contributed by atoms with Gasteiger partial charge in [-0.2, -0.15) is 0 Å². The van der Waals surface area contributed by atoms with Gasteiger partial charge in [0, 0.05) is 18.7 Å². The fourth-order valence-corrected chi connectivity index (χ4v) is 4.70. The van der Waals surface area contributed by atoms with Crippen LogP contribution in [0.1, 0.15) is 60.4 Å². The van der Waals surface area contributed by atoms with Crippen LogP contribution in [0, 0.1) is 5.92 Å². The number of carbonyl (C=O) groups excluding carboxylic acids is 2. The second-order valence-electron chi connectivity index (χ2n) is 8.98. The van der Waals surface area contributed by atoms with Gasteiger partial charge in [-0.25, -0.2) is 0 Å². The summed E-state index contributed by atoms with van der Waals surface area (Å²) in [6, 6.07) is 19.5. The number of hydrogen-bond acceptors (Lipinski definition) is 3. The number of benzene rings is 2. The van der Waals surface area contributed by atoms with Crippen LogP contribution < -0.4 is 5.32 Å². The third-order valence-electron chi connectivity index (χ3n) is 6.68. The molecule has 0 unspecified atom stereocenters. The van der Waals surface area contributed by atoms with Crippen molar-refractivity contribution in [3.05, 3.63) is 71.8 Å². The first kappa shape index (κ1) is 22.5. The van der Waals surface area contributed by atoms with E-state index in [9.17, 15) is 9.59 Å². The lowest BCUT2D eigenvalue weighted by atomic mass is 10.0. The van der Waals surface area contributed by atoms with Gasteiger partial charge in [-0.3, -0.25) is 9.59 Å². The molecule has 0 spiro atoms. The van der Waals surface area contributed by atoms with E-state index in [1.54, 1.807) is 12.1 Å². The molecule has 170 valence electrons. The molecular formula is C27H34N2O3. The quantitative estimate of drug-likeness (QED) is 0.564. The van der Waals surface area contributed by atoms with Crippen molar-refractivity contribution in [1.82, 2.24) is 10.2 Å². The Morgan fingerprint density at radius 3 is 2.34 bits per heavy atom. The SMILES string of the molecule is O=C(N[C@@H](CCCCC[C@@H]1C[C@H]1c1ccccc1)C(=O)N1CCOCC1)c1ccccc1. The lowest BCUT2D eigenvalue weighted by Crippen LogP contribution is -2.51. The maximum Gasteiger partial charge on any atom is 0.251 e. The number of rotatable bonds is 10. The molecule has 1 N–H and O–H groups in total. The molecule has 0 radical (unpaired) electrons. The second kappa shape index (κ2) is 11.3. The highest BCUT2D eigenvalue weighted by atomic mass is 16.5. The standard InChI is InChI=1S/C27H34N2O3/c30-26(22-12-6-2-7-13-22)28-25(27(31)29-16-18-32-19-17-29)15-9-3-8-14-23-20-24(23)21-10-4-1-5-11-21/h1-2,4-7,10-13,23-25H,3,8-9,14-20H2,(H,28,30)/t23-,24+,25+/m1/s1. The van der Waals surface area contributed by atoms with Crippen LogP contribution in [0.25, 0.3) is 0 Å². The van der Waals surface area contributed by atoms with Crippen LogP contribution in [-0.2, 0) is 9.53 Å². The molecule has 1 saturated heterocycles. The summed E-state index contributed by atoms with van der Waals surface area (Å²) < 4.78 is 5.38. The Hall–Kier alpha value is -2.66. The molecule has 2 aromatic carbocycles. The number of nitrogens with one attached hydrogen (secondary N) is 1. The van der Waals surface area contributed by atoms with E-state index in [1.807, 2.05) is 23.1 Å². The highest BCUT2D eigenvalue weighted by molar-refractivity contribution is 5.97. The smallest absolute Gasteiger partial charge is 0.251 e. The molecule has 1 heterocycles. The molecule has 3 atom stereocenters. The largest absolute Gasteiger partial charge is 0.378 e. The van der Waals surface area contributed by atoms with Gasteiger partial charge in [0.25, 0.3) is 5.91 Å². The highest BCUT2D eigenvalue weighted by Crippen LogP contribution is 2.50. The first-order valence-corrected chi connectivity index (χ1v) is 12.0. The maximum absolute atomic E-state index is 13.1. The molecule has 5 nitrogen and oxygen atoms in total. The molecule has 0 aromatic heterocycles. The number of nitrogens with zero attached hydrogens (tertiary/aromatic N) is 1. The molecule has 2 fully saturated rings. The summed E-state index contributed by atoms with van der Waals surface area (Å²) in [7, 11) is 0. The van der Waals surface area contributed by atoms with Crippen LogP contribution in [0.3, 0.4) is 0 Å². The van der Waals surface area contributed by atoms with E-state index in [0.29, 0.717) is 38.3 Å². The minimum absolute atomic E-state index is 0.0175. The summed E-state index contributed by atoms with van der Waals surface area (Å²) in [6.07, 6.45) is 6.44. The van der Waals surface area contributed by atoms with Gasteiger partial charge < -0.3 is 15.0 Å². The van der Waals surface area contributed by atoms with Gasteiger partial charge in [0.2, 0.25) is 5.91 Å². The van der Waals surface area contributed by atoms with Crippen LogP contribution in [0.2, 0.25) is 0 Å². The molecule has 0 bridgehead atoms. The van der Waals surface area contributed by atoms with E-state index in [-0.39, 0.29) is 11.8 Å². The van der Waals surface area contributed by atoms with Gasteiger partial charge in [0.05, 0.1) is 13.2 Å². The first-order valence-electron chi connectivity index (χ1n) is 12.0. The molecular weight excluding hydrogens is 400 g/mol. The average Bonchev–Trinajstić information content (AvgIpc) is 3.64. The van der Waals surface area contributed by atoms with E-state index in [1.165, 1.54) is 24.8 Å². The Morgan fingerprint density at radius 2 is 1.62 bits per heavy atom. The van der Waals surface area contributed by atoms with E-state index in [0.717, 1.165) is 24.7 Å². The molecule has 4 rings (SSSR count). The molecule has 1 aliphatic heterocycles. The topological polar surface area (TPSA) is 58.6 Å². The fourth-order valence-electron chi connectivity index (χ4n) is 4.70. The number of amides is 2. The van der Waals surface area contributed by atoms with Crippen LogP contribution in [-0.4, -0.2) is 49.1 Å². The van der Waals surface area contributed by atoms with Crippen LogP contribution >= 0.6 is 0 Å². The van der Waals surface area contributed by atoms with Gasteiger partial charge in [-0.15, -0.1) is 0 Å². The van der Waals surface area contributed by atoms with Crippen LogP contribution in [0.4, 0.5) is 0 Å². The minimum Gasteiger partial charge on any atom is -0.378 e. The van der Waals surface area contributed by atoms with Gasteiger partial charge >= 0.3 is 0 Å². The van der Waals surface area contributed by atoms with Gasteiger partial charge in [-0.05, 0) is 48.8 Å². The van der Waals surface area contributed by atoms with Crippen molar-refractivity contribution in [1.29, 1.82) is 0 Å². The fraction of sp³-hybridized carbons (Fsp3) is 0.481. The Kier molecular flexibility index (Phi) is 7.94. The molecule has 1 aliphatic carbocycles. The number of morpholine rings is 1. The number of ether oxygens (including phenoxy) is 1. The molecule has 32 heavy (non-hydrogen) atoms. The Morgan fingerprint density at radius 1 is 0.938 bits per heavy atom. The van der Waals surface area contributed by atoms with E-state index < -0.39 is 6.04 Å². The van der Waals surface area contributed by atoms with Crippen molar-refractivity contribution in [2.24, 2.45) is 5.92 Å². The Bertz CT molecular complexity index is 865. The molecule has 2 amide bonds. The predicted molar refractivity (Wildman–Crippen MR) is 125 cm³/mol. The summed E-state index contributed by atoms with van der Waals surface area (Å²) in [5, 5.41) is 3.00. The van der Waals surface area contributed by atoms with Crippen molar-refractivity contribution < 1.29 is 14.3 Å². The first-order chi connectivity index (χ1) is 15.7. The summed E-state index contributed by atoms with van der Waals surface area (Å²) >= 11 is 0. The number of carbonyl (C=O) groups is 2. The zero-order chi connectivity index (χ0) is 22.2.